The van der Waals surface area contributed by atoms with Crippen LogP contribution in [0.3, 0.4) is 0 Å². The lowest BCUT2D eigenvalue weighted by molar-refractivity contribution is 0.193. The summed E-state index contributed by atoms with van der Waals surface area (Å²) in [4.78, 5) is 5.23. The number of rotatable bonds is 6. The third kappa shape index (κ3) is 5.72. The van der Waals surface area contributed by atoms with Crippen LogP contribution < -0.4 is 0 Å². The number of hydrogen-bond acceptors (Lipinski definition) is 2. The molecule has 2 nitrogen and oxygen atoms in total. The molecule has 3 heteroatoms. The normalized spacial score (nSPS) is 24.5. The fourth-order valence-electron chi connectivity index (χ4n) is 5.52. The lowest BCUT2D eigenvalue weighted by atomic mass is 9.81. The highest BCUT2D eigenvalue weighted by molar-refractivity contribution is 6.32. The quantitative estimate of drug-likeness (QED) is 0.472. The van der Waals surface area contributed by atoms with Gasteiger partial charge >= 0.3 is 0 Å². The van der Waals surface area contributed by atoms with Crippen LogP contribution in [-0.2, 0) is 0 Å². The van der Waals surface area contributed by atoms with Gasteiger partial charge in [-0.05, 0) is 93.6 Å². The summed E-state index contributed by atoms with van der Waals surface area (Å²) in [7, 11) is 0. The molecule has 0 radical (unpaired) electrons. The van der Waals surface area contributed by atoms with Gasteiger partial charge in [0.2, 0.25) is 0 Å². The number of hydrogen-bond donors (Lipinski definition) is 0. The third-order valence-electron chi connectivity index (χ3n) is 7.66. The topological polar surface area (TPSA) is 6.48 Å². The molecule has 0 aromatic heterocycles. The molecular formula is C28H39ClN2. The highest BCUT2D eigenvalue weighted by Crippen LogP contribution is 2.34. The van der Waals surface area contributed by atoms with Crippen LogP contribution in [-0.4, -0.2) is 48.1 Å². The van der Waals surface area contributed by atoms with Crippen molar-refractivity contribution >= 4 is 17.2 Å². The Hall–Kier alpha value is -1.35. The number of allylic oxidation sites excluding steroid dienone is 2. The Labute approximate surface area is 194 Å². The van der Waals surface area contributed by atoms with E-state index >= 15 is 0 Å². The lowest BCUT2D eigenvalue weighted by Crippen LogP contribution is -2.38. The predicted molar refractivity (Wildman–Crippen MR) is 135 cm³/mol. The first kappa shape index (κ1) is 22.8. The maximum absolute atomic E-state index is 6.41. The molecular weight excluding hydrogens is 400 g/mol. The second-order valence-electron chi connectivity index (χ2n) is 9.98. The van der Waals surface area contributed by atoms with Crippen LogP contribution in [0.15, 0.2) is 53.6 Å². The zero-order chi connectivity index (χ0) is 21.8. The summed E-state index contributed by atoms with van der Waals surface area (Å²) < 4.78 is 0. The van der Waals surface area contributed by atoms with Crippen molar-refractivity contribution < 1.29 is 0 Å². The molecule has 0 N–H and O–H groups in total. The second kappa shape index (κ2) is 10.5. The molecule has 4 rings (SSSR count). The molecule has 1 aromatic rings. The van der Waals surface area contributed by atoms with Gasteiger partial charge in [-0.15, -0.1) is 0 Å². The minimum Gasteiger partial charge on any atom is -0.297 e. The minimum absolute atomic E-state index is 0.650. The van der Waals surface area contributed by atoms with Gasteiger partial charge < -0.3 is 0 Å². The fraction of sp³-hybridized carbons (Fsp3) is 0.571. The highest BCUT2D eigenvalue weighted by Gasteiger charge is 2.24. The van der Waals surface area contributed by atoms with E-state index in [-0.39, 0.29) is 0 Å². The molecule has 2 heterocycles. The van der Waals surface area contributed by atoms with Gasteiger partial charge in [-0.2, -0.15) is 0 Å². The molecule has 3 aliphatic rings. The Kier molecular flexibility index (Phi) is 7.74. The van der Waals surface area contributed by atoms with E-state index in [1.54, 1.807) is 11.1 Å². The van der Waals surface area contributed by atoms with Gasteiger partial charge in [0.25, 0.3) is 0 Å². The third-order valence-corrected chi connectivity index (χ3v) is 7.99. The van der Waals surface area contributed by atoms with E-state index in [9.17, 15) is 0 Å². The van der Waals surface area contributed by atoms with Gasteiger partial charge in [-0.1, -0.05) is 48.0 Å². The van der Waals surface area contributed by atoms with Gasteiger partial charge in [0.1, 0.15) is 0 Å². The van der Waals surface area contributed by atoms with Gasteiger partial charge in [0, 0.05) is 43.3 Å². The Morgan fingerprint density at radius 2 is 1.55 bits per heavy atom. The van der Waals surface area contributed by atoms with Crippen molar-refractivity contribution in [2.75, 3.05) is 26.2 Å². The van der Waals surface area contributed by atoms with E-state index in [1.807, 2.05) is 12.1 Å². The van der Waals surface area contributed by atoms with Gasteiger partial charge in [0.05, 0.1) is 0 Å². The Balaban J connectivity index is 1.27. The second-order valence-corrected chi connectivity index (χ2v) is 10.4. The van der Waals surface area contributed by atoms with Crippen LogP contribution in [0.1, 0.15) is 64.9 Å². The Morgan fingerprint density at radius 3 is 2.16 bits per heavy atom. The minimum atomic E-state index is 0.650. The first-order valence-electron chi connectivity index (χ1n) is 12.3. The molecule has 0 saturated heterocycles. The van der Waals surface area contributed by atoms with Gasteiger partial charge in [-0.25, -0.2) is 0 Å². The highest BCUT2D eigenvalue weighted by atomic mass is 35.5. The van der Waals surface area contributed by atoms with Crippen molar-refractivity contribution in [2.45, 2.75) is 71.4 Å². The molecule has 0 saturated carbocycles. The van der Waals surface area contributed by atoms with Crippen LogP contribution >= 0.6 is 11.6 Å². The van der Waals surface area contributed by atoms with E-state index in [0.29, 0.717) is 12.1 Å². The molecule has 2 aliphatic heterocycles. The monoisotopic (exact) mass is 438 g/mol. The summed E-state index contributed by atoms with van der Waals surface area (Å²) in [6.45, 7) is 11.6. The van der Waals surface area contributed by atoms with E-state index in [0.717, 1.165) is 37.0 Å². The summed E-state index contributed by atoms with van der Waals surface area (Å²) in [6, 6.07) is 9.57. The molecule has 1 aromatic carbocycles. The van der Waals surface area contributed by atoms with Crippen LogP contribution in [0.4, 0.5) is 0 Å². The Bertz CT molecular complexity index is 850. The van der Waals surface area contributed by atoms with Crippen molar-refractivity contribution in [1.82, 2.24) is 9.80 Å². The van der Waals surface area contributed by atoms with Crippen molar-refractivity contribution in [3.8, 4) is 0 Å². The van der Waals surface area contributed by atoms with Crippen LogP contribution in [0.5, 0.6) is 0 Å². The fourth-order valence-corrected chi connectivity index (χ4v) is 5.78. The molecule has 0 fully saturated rings. The van der Waals surface area contributed by atoms with E-state index in [1.165, 1.54) is 49.8 Å². The zero-order valence-electron chi connectivity index (χ0n) is 19.6. The molecule has 0 amide bonds. The molecule has 2 unspecified atom stereocenters. The average molecular weight is 439 g/mol. The summed E-state index contributed by atoms with van der Waals surface area (Å²) in [5, 5.41) is 0.880. The molecule has 168 valence electrons. The summed E-state index contributed by atoms with van der Waals surface area (Å²) in [5.41, 5.74) is 5.92. The molecule has 31 heavy (non-hydrogen) atoms. The van der Waals surface area contributed by atoms with E-state index in [4.69, 9.17) is 11.6 Å². The van der Waals surface area contributed by atoms with E-state index in [2.05, 4.69) is 60.9 Å². The van der Waals surface area contributed by atoms with Crippen LogP contribution in [0.25, 0.3) is 5.57 Å². The van der Waals surface area contributed by atoms with Crippen molar-refractivity contribution in [3.05, 3.63) is 64.2 Å². The number of benzene rings is 1. The average Bonchev–Trinajstić information content (AvgIpc) is 2.80. The Morgan fingerprint density at radius 1 is 0.871 bits per heavy atom. The van der Waals surface area contributed by atoms with Crippen molar-refractivity contribution in [3.63, 3.8) is 0 Å². The van der Waals surface area contributed by atoms with Crippen LogP contribution in [0, 0.1) is 5.92 Å². The predicted octanol–water partition coefficient (Wildman–Crippen LogP) is 6.97. The van der Waals surface area contributed by atoms with Gasteiger partial charge in [0.15, 0.2) is 0 Å². The maximum atomic E-state index is 6.41. The molecule has 2 atom stereocenters. The summed E-state index contributed by atoms with van der Waals surface area (Å²) in [6.07, 6.45) is 15.0. The molecule has 0 bridgehead atoms. The molecule has 0 spiro atoms. The SMILES string of the molecule is CC(C)N1CC=C(C2=CCC(CC(C)N3CC=C(c4ccccc4Cl)CC3)CC2)CC1. The smallest absolute Gasteiger partial charge is 0.0481 e. The van der Waals surface area contributed by atoms with Gasteiger partial charge in [-0.3, -0.25) is 9.80 Å². The summed E-state index contributed by atoms with van der Waals surface area (Å²) >= 11 is 6.41. The largest absolute Gasteiger partial charge is 0.297 e. The van der Waals surface area contributed by atoms with Crippen molar-refractivity contribution in [2.24, 2.45) is 5.92 Å². The molecule has 1 aliphatic carbocycles. The van der Waals surface area contributed by atoms with E-state index < -0.39 is 0 Å². The first-order chi connectivity index (χ1) is 15.0. The number of nitrogens with zero attached hydrogens (tertiary/aromatic N) is 2. The van der Waals surface area contributed by atoms with Crippen molar-refractivity contribution in [1.29, 1.82) is 0 Å². The standard InChI is InChI=1S/C28H39ClN2/c1-21(2)30-16-12-25(13-17-30)24-10-8-23(9-11-24)20-22(3)31-18-14-26(15-19-31)27-6-4-5-7-28(27)29/h4-7,10,12,14,21-23H,8-9,11,13,15-20H2,1-3H3. The maximum Gasteiger partial charge on any atom is 0.0481 e. The summed E-state index contributed by atoms with van der Waals surface area (Å²) in [5.74, 6) is 0.837. The lowest BCUT2D eigenvalue weighted by Gasteiger charge is -2.35. The number of halogens is 1. The first-order valence-corrected chi connectivity index (χ1v) is 12.7. The zero-order valence-corrected chi connectivity index (χ0v) is 20.4. The van der Waals surface area contributed by atoms with Crippen LogP contribution in [0.2, 0.25) is 5.02 Å².